The van der Waals surface area contributed by atoms with E-state index >= 15 is 0 Å². The quantitative estimate of drug-likeness (QED) is 0.712. The van der Waals surface area contributed by atoms with E-state index < -0.39 is 11.0 Å². The van der Waals surface area contributed by atoms with Gasteiger partial charge in [0.05, 0.1) is 12.0 Å². The second-order valence-corrected chi connectivity index (χ2v) is 7.64. The van der Waals surface area contributed by atoms with E-state index in [4.69, 9.17) is 9.47 Å². The molecule has 1 aliphatic heterocycles. The maximum absolute atomic E-state index is 13.2. The average Bonchev–Trinajstić information content (AvgIpc) is 2.54. The van der Waals surface area contributed by atoms with Gasteiger partial charge in [-0.05, 0) is 62.8 Å². The summed E-state index contributed by atoms with van der Waals surface area (Å²) in [4.78, 5) is 0.949. The largest absolute Gasteiger partial charge is 0.497 e. The molecule has 1 heterocycles. The number of ether oxygens (including phenoxy) is 2. The summed E-state index contributed by atoms with van der Waals surface area (Å²) in [5.74, 6) is 0.830. The second kappa shape index (κ2) is 8.81. The van der Waals surface area contributed by atoms with Crippen LogP contribution in [-0.2, 0) is 15.7 Å². The van der Waals surface area contributed by atoms with Crippen molar-refractivity contribution < 1.29 is 13.7 Å². The highest BCUT2D eigenvalue weighted by Crippen LogP contribution is 2.30. The highest BCUT2D eigenvalue weighted by molar-refractivity contribution is 7.82. The van der Waals surface area contributed by atoms with E-state index in [2.05, 4.69) is 4.31 Å². The van der Waals surface area contributed by atoms with E-state index in [9.17, 15) is 4.21 Å². The van der Waals surface area contributed by atoms with Crippen LogP contribution in [0.2, 0.25) is 0 Å². The van der Waals surface area contributed by atoms with E-state index in [-0.39, 0.29) is 0 Å². The molecule has 0 amide bonds. The smallest absolute Gasteiger partial charge is 0.128 e. The molecule has 130 valence electrons. The number of hydrogen-bond donors (Lipinski definition) is 0. The molecule has 4 nitrogen and oxygen atoms in total. The van der Waals surface area contributed by atoms with Crippen LogP contribution in [0.4, 0.5) is 0 Å². The molecule has 0 bridgehead atoms. The molecular formula is C18H29NO3S. The fourth-order valence-corrected chi connectivity index (χ4v) is 5.04. The monoisotopic (exact) mass is 339 g/mol. The lowest BCUT2D eigenvalue weighted by Gasteiger charge is -2.35. The molecule has 2 unspecified atom stereocenters. The van der Waals surface area contributed by atoms with Crippen molar-refractivity contribution in [3.63, 3.8) is 0 Å². The highest BCUT2D eigenvalue weighted by atomic mass is 32.2. The minimum Gasteiger partial charge on any atom is -0.497 e. The molecule has 0 radical (unpaired) electrons. The molecular weight excluding hydrogens is 310 g/mol. The van der Waals surface area contributed by atoms with Crippen molar-refractivity contribution in [3.8, 4) is 5.75 Å². The minimum absolute atomic E-state index is 0.389. The van der Waals surface area contributed by atoms with Crippen molar-refractivity contribution in [1.82, 2.24) is 4.31 Å². The fourth-order valence-electron chi connectivity index (χ4n) is 3.37. The first-order valence-corrected chi connectivity index (χ1v) is 9.52. The van der Waals surface area contributed by atoms with Crippen LogP contribution in [-0.4, -0.2) is 41.9 Å². The van der Waals surface area contributed by atoms with Gasteiger partial charge in [-0.1, -0.05) is 6.42 Å². The van der Waals surface area contributed by atoms with Gasteiger partial charge in [-0.2, -0.15) is 0 Å². The van der Waals surface area contributed by atoms with Crippen LogP contribution in [0.3, 0.4) is 0 Å². The molecule has 0 aromatic heterocycles. The molecule has 0 spiro atoms. The summed E-state index contributed by atoms with van der Waals surface area (Å²) in [6.07, 6.45) is 5.56. The lowest BCUT2D eigenvalue weighted by atomic mass is 10.0. The molecule has 2 rings (SSSR count). The van der Waals surface area contributed by atoms with E-state index in [0.29, 0.717) is 6.04 Å². The Bertz CT molecular complexity index is 524. The Balaban J connectivity index is 2.20. The Morgan fingerprint density at radius 2 is 1.91 bits per heavy atom. The zero-order valence-electron chi connectivity index (χ0n) is 14.8. The van der Waals surface area contributed by atoms with Crippen molar-refractivity contribution in [2.75, 3.05) is 27.4 Å². The molecule has 0 aliphatic carbocycles. The summed E-state index contributed by atoms with van der Waals surface area (Å²) in [7, 11) is 2.30. The number of piperidine rings is 1. The van der Waals surface area contributed by atoms with Crippen molar-refractivity contribution in [1.29, 1.82) is 0 Å². The third-order valence-electron chi connectivity index (χ3n) is 4.52. The summed E-state index contributed by atoms with van der Waals surface area (Å²) < 4.78 is 25.9. The van der Waals surface area contributed by atoms with Crippen LogP contribution >= 0.6 is 0 Å². The summed E-state index contributed by atoms with van der Waals surface area (Å²) in [5, 5.41) is 0. The molecule has 1 aromatic rings. The molecule has 1 aromatic carbocycles. The molecule has 23 heavy (non-hydrogen) atoms. The first kappa shape index (κ1) is 18.4. The fraction of sp³-hybridized carbons (Fsp3) is 0.667. The third-order valence-corrected chi connectivity index (χ3v) is 6.42. The standard InChI is InChI=1S/C18H29NO3S/c1-14-12-17(22-4)13-15(2)18(14)23(20)19-10-6-5-8-16(19)9-7-11-21-3/h12-13,16H,5-11H2,1-4H3. The second-order valence-electron chi connectivity index (χ2n) is 6.26. The summed E-state index contributed by atoms with van der Waals surface area (Å²) in [6, 6.07) is 4.34. The number of methoxy groups -OCH3 is 2. The van der Waals surface area contributed by atoms with Gasteiger partial charge in [0.15, 0.2) is 0 Å². The maximum atomic E-state index is 13.2. The van der Waals surface area contributed by atoms with Crippen LogP contribution in [0.1, 0.15) is 43.2 Å². The van der Waals surface area contributed by atoms with Gasteiger partial charge < -0.3 is 9.47 Å². The van der Waals surface area contributed by atoms with Gasteiger partial charge in [0, 0.05) is 26.3 Å². The summed E-state index contributed by atoms with van der Waals surface area (Å²) in [5.41, 5.74) is 2.09. The van der Waals surface area contributed by atoms with Crippen molar-refractivity contribution in [2.24, 2.45) is 0 Å². The van der Waals surface area contributed by atoms with Crippen molar-refractivity contribution in [3.05, 3.63) is 23.3 Å². The highest BCUT2D eigenvalue weighted by Gasteiger charge is 2.29. The van der Waals surface area contributed by atoms with Crippen LogP contribution in [0.25, 0.3) is 0 Å². The predicted molar refractivity (Wildman–Crippen MR) is 94.3 cm³/mol. The van der Waals surface area contributed by atoms with E-state index in [1.165, 1.54) is 6.42 Å². The van der Waals surface area contributed by atoms with Gasteiger partial charge in [0.25, 0.3) is 0 Å². The Morgan fingerprint density at radius 1 is 1.22 bits per heavy atom. The van der Waals surface area contributed by atoms with Crippen LogP contribution in [0.5, 0.6) is 5.75 Å². The number of nitrogens with zero attached hydrogens (tertiary/aromatic N) is 1. The molecule has 2 atom stereocenters. The molecule has 1 fully saturated rings. The Labute approximate surface area is 142 Å². The normalized spacial score (nSPS) is 20.4. The van der Waals surface area contributed by atoms with Gasteiger partial charge in [-0.3, -0.25) is 0 Å². The molecule has 5 heteroatoms. The Hall–Kier alpha value is -0.910. The number of aryl methyl sites for hydroxylation is 2. The zero-order chi connectivity index (χ0) is 16.8. The van der Waals surface area contributed by atoms with Gasteiger partial charge in [-0.15, -0.1) is 0 Å². The van der Waals surface area contributed by atoms with Crippen LogP contribution in [0.15, 0.2) is 17.0 Å². The lowest BCUT2D eigenvalue weighted by Crippen LogP contribution is -2.41. The van der Waals surface area contributed by atoms with E-state index in [1.54, 1.807) is 14.2 Å². The number of rotatable bonds is 7. The Kier molecular flexibility index (Phi) is 7.06. The van der Waals surface area contributed by atoms with Crippen molar-refractivity contribution in [2.45, 2.75) is 56.9 Å². The van der Waals surface area contributed by atoms with E-state index in [1.807, 2.05) is 26.0 Å². The van der Waals surface area contributed by atoms with Gasteiger partial charge in [0.1, 0.15) is 16.7 Å². The van der Waals surface area contributed by atoms with Crippen LogP contribution < -0.4 is 4.74 Å². The molecule has 1 aliphatic rings. The van der Waals surface area contributed by atoms with Gasteiger partial charge >= 0.3 is 0 Å². The maximum Gasteiger partial charge on any atom is 0.128 e. The first-order valence-electron chi connectivity index (χ1n) is 8.41. The lowest BCUT2D eigenvalue weighted by molar-refractivity contribution is 0.174. The topological polar surface area (TPSA) is 38.8 Å². The van der Waals surface area contributed by atoms with E-state index in [0.717, 1.165) is 60.6 Å². The minimum atomic E-state index is -1.10. The van der Waals surface area contributed by atoms with Crippen LogP contribution in [0, 0.1) is 13.8 Å². The van der Waals surface area contributed by atoms with Gasteiger partial charge in [-0.25, -0.2) is 8.51 Å². The molecule has 1 saturated heterocycles. The summed E-state index contributed by atoms with van der Waals surface area (Å²) >= 11 is 0. The number of benzene rings is 1. The first-order chi connectivity index (χ1) is 11.1. The molecule has 0 N–H and O–H groups in total. The Morgan fingerprint density at radius 3 is 2.52 bits per heavy atom. The van der Waals surface area contributed by atoms with Crippen molar-refractivity contribution >= 4 is 11.0 Å². The SMILES string of the molecule is COCCCC1CCCCN1S(=O)c1c(C)cc(OC)cc1C. The number of hydrogen-bond acceptors (Lipinski definition) is 3. The third kappa shape index (κ3) is 4.55. The molecule has 0 saturated carbocycles. The summed E-state index contributed by atoms with van der Waals surface area (Å²) in [6.45, 7) is 5.73. The zero-order valence-corrected chi connectivity index (χ0v) is 15.6. The van der Waals surface area contributed by atoms with Gasteiger partial charge in [0.2, 0.25) is 0 Å². The predicted octanol–water partition coefficient (Wildman–Crippen LogP) is 3.62. The average molecular weight is 340 g/mol.